The number of rotatable bonds is 3. The highest BCUT2D eigenvalue weighted by Gasteiger charge is 2.19. The molecule has 0 radical (unpaired) electrons. The molecule has 2 aromatic carbocycles. The molecular weight excluding hydrogens is 453 g/mol. The minimum atomic E-state index is -0.513. The molecule has 31 heavy (non-hydrogen) atoms. The highest BCUT2D eigenvalue weighted by atomic mass is 35.5. The van der Waals surface area contributed by atoms with Crippen LogP contribution in [0.1, 0.15) is 0 Å². The molecule has 0 aliphatic heterocycles. The largest absolute Gasteiger partial charge is 0.340 e. The quantitative estimate of drug-likeness (QED) is 0.349. The Morgan fingerprint density at radius 3 is 2.32 bits per heavy atom. The van der Waals surface area contributed by atoms with Gasteiger partial charge in [0.05, 0.1) is 33.1 Å². The summed E-state index contributed by atoms with van der Waals surface area (Å²) in [6.45, 7) is 0. The highest BCUT2D eigenvalue weighted by Crippen LogP contribution is 2.33. The summed E-state index contributed by atoms with van der Waals surface area (Å²) in [6, 6.07) is 19.9. The minimum Gasteiger partial charge on any atom is -0.267 e. The van der Waals surface area contributed by atoms with Gasteiger partial charge in [0.25, 0.3) is 5.56 Å². The third kappa shape index (κ3) is 3.39. The number of aromatic nitrogens is 3. The third-order valence-corrected chi connectivity index (χ3v) is 6.76. The first-order chi connectivity index (χ1) is 15.0. The maximum Gasteiger partial charge on any atom is 0.340 e. The molecule has 0 spiro atoms. The summed E-state index contributed by atoms with van der Waals surface area (Å²) >= 11 is 13.7. The first-order valence-corrected chi connectivity index (χ1v) is 10.8. The summed E-state index contributed by atoms with van der Waals surface area (Å²) < 4.78 is 3.06. The van der Waals surface area contributed by atoms with Crippen LogP contribution < -0.4 is 11.2 Å². The average Bonchev–Trinajstić information content (AvgIpc) is 3.23. The highest BCUT2D eigenvalue weighted by molar-refractivity contribution is 7.22. The molecule has 5 aromatic rings. The Morgan fingerprint density at radius 2 is 1.61 bits per heavy atom. The molecule has 0 saturated carbocycles. The van der Waals surface area contributed by atoms with Gasteiger partial charge in [-0.3, -0.25) is 14.3 Å². The van der Waals surface area contributed by atoms with Crippen LogP contribution in [0.5, 0.6) is 0 Å². The second-order valence-corrected chi connectivity index (χ2v) is 8.63. The van der Waals surface area contributed by atoms with Crippen LogP contribution in [-0.2, 0) is 0 Å². The van der Waals surface area contributed by atoms with Gasteiger partial charge in [-0.05, 0) is 42.0 Å². The molecule has 0 N–H and O–H groups in total. The van der Waals surface area contributed by atoms with Gasteiger partial charge in [0.2, 0.25) is 0 Å². The molecule has 0 amide bonds. The van der Waals surface area contributed by atoms with E-state index in [1.165, 1.54) is 22.1 Å². The van der Waals surface area contributed by atoms with Crippen LogP contribution in [0.3, 0.4) is 0 Å². The van der Waals surface area contributed by atoms with Gasteiger partial charge in [-0.25, -0.2) is 9.36 Å². The van der Waals surface area contributed by atoms with Gasteiger partial charge in [-0.1, -0.05) is 53.5 Å². The minimum absolute atomic E-state index is 0.317. The SMILES string of the molecule is O=c1c2sc(-c3ccccc3)cc2n(-c2ccc(Cl)c(Cl)c2)c(=O)n1-c1cccnc1. The maximum atomic E-state index is 13.6. The molecule has 0 saturated heterocycles. The molecular formula is C23H13Cl2N3O2S. The summed E-state index contributed by atoms with van der Waals surface area (Å²) in [7, 11) is 0. The number of benzene rings is 2. The summed E-state index contributed by atoms with van der Waals surface area (Å²) in [6.07, 6.45) is 3.07. The van der Waals surface area contributed by atoms with Crippen LogP contribution in [0, 0.1) is 0 Å². The Labute approximate surface area is 190 Å². The molecule has 3 aromatic heterocycles. The first-order valence-electron chi connectivity index (χ1n) is 9.27. The molecule has 5 nitrogen and oxygen atoms in total. The zero-order valence-electron chi connectivity index (χ0n) is 15.8. The lowest BCUT2D eigenvalue weighted by Gasteiger charge is -2.12. The van der Waals surface area contributed by atoms with E-state index in [-0.39, 0.29) is 0 Å². The van der Waals surface area contributed by atoms with Crippen molar-refractivity contribution in [1.29, 1.82) is 0 Å². The van der Waals surface area contributed by atoms with E-state index < -0.39 is 11.2 Å². The van der Waals surface area contributed by atoms with E-state index >= 15 is 0 Å². The Kier molecular flexibility index (Phi) is 4.98. The van der Waals surface area contributed by atoms with Gasteiger partial charge in [0, 0.05) is 11.1 Å². The summed E-state index contributed by atoms with van der Waals surface area (Å²) in [4.78, 5) is 31.9. The lowest BCUT2D eigenvalue weighted by molar-refractivity contribution is 0.834. The summed E-state index contributed by atoms with van der Waals surface area (Å²) in [5.74, 6) is 0. The first kappa shape index (κ1) is 19.8. The van der Waals surface area contributed by atoms with E-state index in [0.717, 1.165) is 15.0 Å². The van der Waals surface area contributed by atoms with Crippen LogP contribution in [-0.4, -0.2) is 14.1 Å². The van der Waals surface area contributed by atoms with E-state index in [0.29, 0.717) is 31.6 Å². The summed E-state index contributed by atoms with van der Waals surface area (Å²) in [5, 5.41) is 0.697. The fourth-order valence-corrected chi connectivity index (χ4v) is 4.79. The number of halogens is 2. The van der Waals surface area contributed by atoms with E-state index in [2.05, 4.69) is 4.98 Å². The molecule has 5 rings (SSSR count). The predicted octanol–water partition coefficient (Wildman–Crippen LogP) is 5.57. The van der Waals surface area contributed by atoms with Crippen LogP contribution in [0.25, 0.3) is 32.0 Å². The van der Waals surface area contributed by atoms with Gasteiger partial charge in [0.15, 0.2) is 0 Å². The zero-order chi connectivity index (χ0) is 21.5. The number of nitrogens with zero attached hydrogens (tertiary/aromatic N) is 3. The Morgan fingerprint density at radius 1 is 0.806 bits per heavy atom. The van der Waals surface area contributed by atoms with Crippen LogP contribution in [0.4, 0.5) is 0 Å². The van der Waals surface area contributed by atoms with Crippen molar-refractivity contribution in [2.45, 2.75) is 0 Å². The lowest BCUT2D eigenvalue weighted by Crippen LogP contribution is -2.37. The number of thiophene rings is 1. The van der Waals surface area contributed by atoms with Crippen LogP contribution in [0.2, 0.25) is 10.0 Å². The smallest absolute Gasteiger partial charge is 0.267 e. The van der Waals surface area contributed by atoms with Gasteiger partial charge in [-0.15, -0.1) is 11.3 Å². The van der Waals surface area contributed by atoms with E-state index in [1.807, 2.05) is 36.4 Å². The van der Waals surface area contributed by atoms with E-state index in [1.54, 1.807) is 36.5 Å². The molecule has 8 heteroatoms. The van der Waals surface area contributed by atoms with E-state index in [9.17, 15) is 9.59 Å². The number of fused-ring (bicyclic) bond motifs is 1. The monoisotopic (exact) mass is 465 g/mol. The Bertz CT molecular complexity index is 1540. The number of hydrogen-bond acceptors (Lipinski definition) is 4. The lowest BCUT2D eigenvalue weighted by atomic mass is 10.2. The van der Waals surface area contributed by atoms with Crippen molar-refractivity contribution in [3.8, 4) is 21.8 Å². The van der Waals surface area contributed by atoms with Crippen LogP contribution in [0.15, 0.2) is 88.7 Å². The average molecular weight is 466 g/mol. The van der Waals surface area contributed by atoms with Gasteiger partial charge in [0.1, 0.15) is 4.70 Å². The maximum absolute atomic E-state index is 13.6. The Hall–Kier alpha value is -3.19. The molecule has 0 aliphatic rings. The van der Waals surface area contributed by atoms with Crippen molar-refractivity contribution >= 4 is 44.8 Å². The van der Waals surface area contributed by atoms with Gasteiger partial charge >= 0.3 is 5.69 Å². The molecule has 0 aliphatic carbocycles. The molecule has 0 atom stereocenters. The van der Waals surface area contributed by atoms with Crippen molar-refractivity contribution in [1.82, 2.24) is 14.1 Å². The fourth-order valence-electron chi connectivity index (χ4n) is 3.42. The van der Waals surface area contributed by atoms with Crippen molar-refractivity contribution in [2.24, 2.45) is 0 Å². The molecule has 0 bridgehead atoms. The van der Waals surface area contributed by atoms with E-state index in [4.69, 9.17) is 23.2 Å². The molecule has 152 valence electrons. The van der Waals surface area contributed by atoms with Crippen LogP contribution >= 0.6 is 34.5 Å². The van der Waals surface area contributed by atoms with Crippen molar-refractivity contribution in [3.63, 3.8) is 0 Å². The number of hydrogen-bond donors (Lipinski definition) is 0. The van der Waals surface area contributed by atoms with Gasteiger partial charge in [-0.2, -0.15) is 0 Å². The van der Waals surface area contributed by atoms with Gasteiger partial charge < -0.3 is 0 Å². The molecule has 0 unspecified atom stereocenters. The predicted molar refractivity (Wildman–Crippen MR) is 126 cm³/mol. The standard InChI is InChI=1S/C23H13Cl2N3O2S/c24-17-9-8-15(11-18(17)25)27-19-12-20(14-5-2-1-3-6-14)31-21(19)22(29)28(23(27)30)16-7-4-10-26-13-16/h1-13H. The molecule has 3 heterocycles. The fraction of sp³-hybridized carbons (Fsp3) is 0. The topological polar surface area (TPSA) is 56.9 Å². The molecule has 0 fully saturated rings. The number of pyridine rings is 1. The Balaban J connectivity index is 1.91. The van der Waals surface area contributed by atoms with Crippen molar-refractivity contribution in [3.05, 3.63) is 110 Å². The van der Waals surface area contributed by atoms with Crippen molar-refractivity contribution < 1.29 is 0 Å². The normalized spacial score (nSPS) is 11.2. The zero-order valence-corrected chi connectivity index (χ0v) is 18.2. The third-order valence-electron chi connectivity index (χ3n) is 4.86. The summed E-state index contributed by atoms with van der Waals surface area (Å²) in [5.41, 5.74) is 1.47. The second kappa shape index (κ2) is 7.81. The van der Waals surface area contributed by atoms with Crippen molar-refractivity contribution in [2.75, 3.05) is 0 Å². The second-order valence-electron chi connectivity index (χ2n) is 6.76.